The molecule has 0 unspecified atom stereocenters. The van der Waals surface area contributed by atoms with E-state index in [1.54, 1.807) is 4.90 Å². The van der Waals surface area contributed by atoms with Crippen LogP contribution in [0.3, 0.4) is 0 Å². The quantitative estimate of drug-likeness (QED) is 0.790. The number of halogens is 2. The molecule has 8 heteroatoms. The zero-order valence-electron chi connectivity index (χ0n) is 15.3. The van der Waals surface area contributed by atoms with Gasteiger partial charge in [-0.25, -0.2) is 8.78 Å². The standard InChI is InChI=1S/C18H26F2N4O2/c1-3-24(4-2)18(26)13-23-9-7-22(8-10-23)12-17(25)21-16-11-14(19)5-6-15(16)20/h5-6,11H,3-4,7-10,12-13H2,1-2H3,(H,21,25). The zero-order valence-corrected chi connectivity index (χ0v) is 15.3. The van der Waals surface area contributed by atoms with Gasteiger partial charge in [0.2, 0.25) is 11.8 Å². The Labute approximate surface area is 152 Å². The third-order valence-electron chi connectivity index (χ3n) is 4.51. The summed E-state index contributed by atoms with van der Waals surface area (Å²) in [6.45, 7) is 8.47. The van der Waals surface area contributed by atoms with E-state index < -0.39 is 11.6 Å². The van der Waals surface area contributed by atoms with Gasteiger partial charge in [-0.05, 0) is 26.0 Å². The molecule has 6 nitrogen and oxygen atoms in total. The molecule has 1 aromatic carbocycles. The molecular weight excluding hydrogens is 342 g/mol. The molecule has 1 saturated heterocycles. The highest BCUT2D eigenvalue weighted by Crippen LogP contribution is 2.15. The maximum Gasteiger partial charge on any atom is 0.238 e. The molecule has 0 atom stereocenters. The second kappa shape index (κ2) is 9.59. The van der Waals surface area contributed by atoms with Crippen LogP contribution in [0.5, 0.6) is 0 Å². The lowest BCUT2D eigenvalue weighted by atomic mass is 10.2. The Hall–Kier alpha value is -2.06. The van der Waals surface area contributed by atoms with E-state index >= 15 is 0 Å². The number of amides is 2. The number of carbonyl (C=O) groups excluding carboxylic acids is 2. The lowest BCUT2D eigenvalue weighted by Crippen LogP contribution is -2.51. The Bertz CT molecular complexity index is 630. The molecule has 144 valence electrons. The molecule has 1 aliphatic heterocycles. The van der Waals surface area contributed by atoms with Crippen molar-refractivity contribution in [1.82, 2.24) is 14.7 Å². The number of nitrogens with one attached hydrogen (secondary N) is 1. The van der Waals surface area contributed by atoms with Gasteiger partial charge in [0.1, 0.15) is 11.6 Å². The van der Waals surface area contributed by atoms with Gasteiger partial charge in [0.25, 0.3) is 0 Å². The highest BCUT2D eigenvalue weighted by Gasteiger charge is 2.22. The summed E-state index contributed by atoms with van der Waals surface area (Å²) in [5.41, 5.74) is -0.154. The van der Waals surface area contributed by atoms with E-state index in [9.17, 15) is 18.4 Å². The SMILES string of the molecule is CCN(CC)C(=O)CN1CCN(CC(=O)Nc2cc(F)ccc2F)CC1. The summed E-state index contributed by atoms with van der Waals surface area (Å²) in [5.74, 6) is -1.54. The highest BCUT2D eigenvalue weighted by atomic mass is 19.1. The van der Waals surface area contributed by atoms with E-state index in [0.29, 0.717) is 45.8 Å². The summed E-state index contributed by atoms with van der Waals surface area (Å²) in [4.78, 5) is 30.0. The van der Waals surface area contributed by atoms with E-state index in [-0.39, 0.29) is 24.0 Å². The van der Waals surface area contributed by atoms with Crippen LogP contribution in [0.15, 0.2) is 18.2 Å². The molecule has 26 heavy (non-hydrogen) atoms. The molecule has 0 radical (unpaired) electrons. The van der Waals surface area contributed by atoms with Gasteiger partial charge in [0.05, 0.1) is 18.8 Å². The van der Waals surface area contributed by atoms with Crippen molar-refractivity contribution in [1.29, 1.82) is 0 Å². The molecular formula is C18H26F2N4O2. The number of rotatable bonds is 7. The van der Waals surface area contributed by atoms with Crippen molar-refractivity contribution in [3.05, 3.63) is 29.8 Å². The van der Waals surface area contributed by atoms with Gasteiger partial charge in [-0.1, -0.05) is 0 Å². The molecule has 1 heterocycles. The molecule has 0 saturated carbocycles. The first-order valence-corrected chi connectivity index (χ1v) is 8.90. The van der Waals surface area contributed by atoms with Gasteiger partial charge >= 0.3 is 0 Å². The fraction of sp³-hybridized carbons (Fsp3) is 0.556. The summed E-state index contributed by atoms with van der Waals surface area (Å²) < 4.78 is 26.7. The zero-order chi connectivity index (χ0) is 19.1. The van der Waals surface area contributed by atoms with Gasteiger partial charge in [-0.3, -0.25) is 19.4 Å². The maximum atomic E-state index is 13.6. The van der Waals surface area contributed by atoms with Crippen molar-refractivity contribution in [2.75, 3.05) is 57.7 Å². The Morgan fingerprint density at radius 2 is 1.62 bits per heavy atom. The molecule has 1 fully saturated rings. The van der Waals surface area contributed by atoms with E-state index in [0.717, 1.165) is 18.2 Å². The van der Waals surface area contributed by atoms with Gasteiger partial charge < -0.3 is 10.2 Å². The maximum absolute atomic E-state index is 13.6. The number of likely N-dealkylation sites (N-methyl/N-ethyl adjacent to an activating group) is 1. The average Bonchev–Trinajstić information content (AvgIpc) is 2.61. The summed E-state index contributed by atoms with van der Waals surface area (Å²) in [7, 11) is 0. The van der Waals surface area contributed by atoms with Crippen molar-refractivity contribution >= 4 is 17.5 Å². The molecule has 1 aromatic rings. The minimum Gasteiger partial charge on any atom is -0.342 e. The van der Waals surface area contributed by atoms with Crippen LogP contribution in [0.2, 0.25) is 0 Å². The smallest absolute Gasteiger partial charge is 0.238 e. The van der Waals surface area contributed by atoms with Crippen molar-refractivity contribution in [2.45, 2.75) is 13.8 Å². The van der Waals surface area contributed by atoms with Crippen LogP contribution in [0.25, 0.3) is 0 Å². The average molecular weight is 368 g/mol. The van der Waals surface area contributed by atoms with Crippen LogP contribution < -0.4 is 5.32 Å². The lowest BCUT2D eigenvalue weighted by molar-refractivity contribution is -0.132. The van der Waals surface area contributed by atoms with Crippen molar-refractivity contribution in [3.8, 4) is 0 Å². The second-order valence-electron chi connectivity index (χ2n) is 6.29. The number of benzene rings is 1. The molecule has 2 amide bonds. The first-order valence-electron chi connectivity index (χ1n) is 8.90. The minimum absolute atomic E-state index is 0.105. The normalized spacial score (nSPS) is 15.7. The monoisotopic (exact) mass is 368 g/mol. The molecule has 0 spiro atoms. The van der Waals surface area contributed by atoms with Crippen molar-refractivity contribution < 1.29 is 18.4 Å². The number of nitrogens with zero attached hydrogens (tertiary/aromatic N) is 3. The lowest BCUT2D eigenvalue weighted by Gasteiger charge is -2.34. The van der Waals surface area contributed by atoms with Crippen LogP contribution in [0.4, 0.5) is 14.5 Å². The second-order valence-corrected chi connectivity index (χ2v) is 6.29. The predicted molar refractivity (Wildman–Crippen MR) is 95.8 cm³/mol. The van der Waals surface area contributed by atoms with Crippen molar-refractivity contribution in [3.63, 3.8) is 0 Å². The van der Waals surface area contributed by atoms with Gasteiger partial charge in [0.15, 0.2) is 0 Å². The van der Waals surface area contributed by atoms with Gasteiger partial charge in [0, 0.05) is 45.3 Å². The fourth-order valence-electron chi connectivity index (χ4n) is 2.96. The van der Waals surface area contributed by atoms with E-state index in [2.05, 4.69) is 10.2 Å². The van der Waals surface area contributed by atoms with Crippen LogP contribution in [0, 0.1) is 11.6 Å². The molecule has 0 bridgehead atoms. The molecule has 2 rings (SSSR count). The van der Waals surface area contributed by atoms with Crippen LogP contribution in [-0.2, 0) is 9.59 Å². The molecule has 1 N–H and O–H groups in total. The summed E-state index contributed by atoms with van der Waals surface area (Å²) >= 11 is 0. The third-order valence-corrected chi connectivity index (χ3v) is 4.51. The number of hydrogen-bond donors (Lipinski definition) is 1. The van der Waals surface area contributed by atoms with E-state index in [1.807, 2.05) is 18.7 Å². The number of anilines is 1. The van der Waals surface area contributed by atoms with Crippen molar-refractivity contribution in [2.24, 2.45) is 0 Å². The fourth-order valence-corrected chi connectivity index (χ4v) is 2.96. The molecule has 1 aliphatic rings. The number of piperazine rings is 1. The summed E-state index contributed by atoms with van der Waals surface area (Å²) in [5, 5.41) is 2.40. The molecule has 0 aromatic heterocycles. The first-order chi connectivity index (χ1) is 12.4. The third kappa shape index (κ3) is 5.74. The number of carbonyl (C=O) groups is 2. The summed E-state index contributed by atoms with van der Waals surface area (Å²) in [6.07, 6.45) is 0. The Balaban J connectivity index is 1.77. The minimum atomic E-state index is -0.667. The Morgan fingerprint density at radius 3 is 2.19 bits per heavy atom. The summed E-state index contributed by atoms with van der Waals surface area (Å²) in [6, 6.07) is 2.95. The molecule has 0 aliphatic carbocycles. The first kappa shape index (κ1) is 20.3. The van der Waals surface area contributed by atoms with Crippen LogP contribution in [-0.4, -0.2) is 78.9 Å². The number of hydrogen-bond acceptors (Lipinski definition) is 4. The largest absolute Gasteiger partial charge is 0.342 e. The van der Waals surface area contributed by atoms with Gasteiger partial charge in [-0.2, -0.15) is 0 Å². The predicted octanol–water partition coefficient (Wildman–Crippen LogP) is 1.39. The van der Waals surface area contributed by atoms with E-state index in [1.165, 1.54) is 0 Å². The van der Waals surface area contributed by atoms with E-state index in [4.69, 9.17) is 0 Å². The highest BCUT2D eigenvalue weighted by molar-refractivity contribution is 5.92. The topological polar surface area (TPSA) is 55.9 Å². The van der Waals surface area contributed by atoms with Crippen LogP contribution in [0.1, 0.15) is 13.8 Å². The van der Waals surface area contributed by atoms with Crippen LogP contribution >= 0.6 is 0 Å². The Morgan fingerprint density at radius 1 is 1.04 bits per heavy atom. The van der Waals surface area contributed by atoms with Gasteiger partial charge in [-0.15, -0.1) is 0 Å². The Kier molecular flexibility index (Phi) is 7.47.